The number of hydrogen-bond acceptors (Lipinski definition) is 5. The maximum Gasteiger partial charge on any atom is 0.160 e. The van der Waals surface area contributed by atoms with Crippen LogP contribution in [0.25, 0.3) is 0 Å². The third-order valence-corrected chi connectivity index (χ3v) is 4.84. The molecule has 5 heteroatoms. The minimum Gasteiger partial charge on any atom is -0.493 e. The predicted molar refractivity (Wildman–Crippen MR) is 106 cm³/mol. The molecule has 0 amide bonds. The van der Waals surface area contributed by atoms with Crippen LogP contribution < -0.4 is 9.47 Å². The van der Waals surface area contributed by atoms with E-state index in [0.29, 0.717) is 17.9 Å². The molecule has 0 bridgehead atoms. The first-order valence-corrected chi connectivity index (χ1v) is 9.79. The van der Waals surface area contributed by atoms with E-state index in [-0.39, 0.29) is 12.7 Å². The van der Waals surface area contributed by atoms with Gasteiger partial charge in [0.05, 0.1) is 20.3 Å². The summed E-state index contributed by atoms with van der Waals surface area (Å²) in [6.07, 6.45) is 7.29. The number of hydrogen-bond donors (Lipinski definition) is 2. The van der Waals surface area contributed by atoms with E-state index in [9.17, 15) is 5.11 Å². The third kappa shape index (κ3) is 7.94. The number of benzene rings is 1. The Morgan fingerprint density at radius 3 is 2.27 bits per heavy atom. The van der Waals surface area contributed by atoms with E-state index in [4.69, 9.17) is 14.6 Å². The van der Waals surface area contributed by atoms with Crippen LogP contribution in [0, 0.1) is 0 Å². The van der Waals surface area contributed by atoms with Gasteiger partial charge in [0.2, 0.25) is 0 Å². The number of methoxy groups -OCH3 is 2. The summed E-state index contributed by atoms with van der Waals surface area (Å²) < 4.78 is 10.2. The average Bonchev–Trinajstić information content (AvgIpc) is 2.67. The molecule has 1 saturated carbocycles. The number of rotatable bonds is 8. The van der Waals surface area contributed by atoms with Gasteiger partial charge in [0.1, 0.15) is 0 Å². The predicted octanol–water partition coefficient (Wildman–Crippen LogP) is 3.26. The highest BCUT2D eigenvalue weighted by Crippen LogP contribution is 2.27. The molecular formula is C21H37NO4. The van der Waals surface area contributed by atoms with Crippen molar-refractivity contribution in [1.82, 2.24) is 4.90 Å². The first-order chi connectivity index (χ1) is 12.5. The molecule has 0 aromatic heterocycles. The van der Waals surface area contributed by atoms with E-state index in [1.54, 1.807) is 14.2 Å². The first kappa shape index (κ1) is 22.7. The highest BCUT2D eigenvalue weighted by Gasteiger charge is 2.20. The Kier molecular flexibility index (Phi) is 11.3. The zero-order chi connectivity index (χ0) is 19.4. The lowest BCUT2D eigenvalue weighted by molar-refractivity contribution is 0.0867. The molecule has 26 heavy (non-hydrogen) atoms. The van der Waals surface area contributed by atoms with Crippen molar-refractivity contribution in [3.8, 4) is 11.5 Å². The second-order valence-corrected chi connectivity index (χ2v) is 6.89. The van der Waals surface area contributed by atoms with Crippen LogP contribution in [0.4, 0.5) is 0 Å². The van der Waals surface area contributed by atoms with Crippen molar-refractivity contribution >= 4 is 0 Å². The fraction of sp³-hybridized carbons (Fsp3) is 0.714. The Labute approximate surface area is 158 Å². The number of aliphatic hydroxyl groups is 2. The van der Waals surface area contributed by atoms with E-state index in [2.05, 4.69) is 11.8 Å². The first-order valence-electron chi connectivity index (χ1n) is 9.79. The normalized spacial score (nSPS) is 16.0. The van der Waals surface area contributed by atoms with Crippen LogP contribution in [-0.2, 0) is 6.42 Å². The lowest BCUT2D eigenvalue weighted by atomic mass is 9.94. The molecule has 1 aliphatic carbocycles. The Balaban J connectivity index is 0.000000260. The molecule has 2 N–H and O–H groups in total. The summed E-state index contributed by atoms with van der Waals surface area (Å²) in [4.78, 5) is 2.43. The van der Waals surface area contributed by atoms with Gasteiger partial charge in [-0.3, -0.25) is 4.90 Å². The summed E-state index contributed by atoms with van der Waals surface area (Å²) in [5, 5.41) is 18.1. The monoisotopic (exact) mass is 367 g/mol. The largest absolute Gasteiger partial charge is 0.493 e. The van der Waals surface area contributed by atoms with Crippen molar-refractivity contribution in [2.24, 2.45) is 0 Å². The highest BCUT2D eigenvalue weighted by atomic mass is 16.5. The van der Waals surface area contributed by atoms with Crippen molar-refractivity contribution in [3.05, 3.63) is 23.8 Å². The topological polar surface area (TPSA) is 62.2 Å². The highest BCUT2D eigenvalue weighted by molar-refractivity contribution is 5.42. The van der Waals surface area contributed by atoms with Crippen molar-refractivity contribution in [3.63, 3.8) is 0 Å². The van der Waals surface area contributed by atoms with Gasteiger partial charge in [0.15, 0.2) is 11.5 Å². The quantitative estimate of drug-likeness (QED) is 0.738. The van der Waals surface area contributed by atoms with Gasteiger partial charge in [-0.25, -0.2) is 0 Å². The van der Waals surface area contributed by atoms with Gasteiger partial charge < -0.3 is 19.7 Å². The van der Waals surface area contributed by atoms with Gasteiger partial charge >= 0.3 is 0 Å². The van der Waals surface area contributed by atoms with Crippen LogP contribution in [-0.4, -0.2) is 61.2 Å². The van der Waals surface area contributed by atoms with E-state index in [1.165, 1.54) is 32.1 Å². The maximum absolute atomic E-state index is 9.34. The molecule has 2 rings (SSSR count). The van der Waals surface area contributed by atoms with Gasteiger partial charge in [-0.05, 0) is 50.4 Å². The summed E-state index contributed by atoms with van der Waals surface area (Å²) in [6, 6.07) is 6.37. The number of nitrogens with zero attached hydrogens (tertiary/aromatic N) is 1. The molecule has 1 aliphatic rings. The molecule has 0 spiro atoms. The van der Waals surface area contributed by atoms with Crippen LogP contribution >= 0.6 is 0 Å². The van der Waals surface area contributed by atoms with E-state index >= 15 is 0 Å². The minimum atomic E-state index is -0.179. The van der Waals surface area contributed by atoms with Crippen LogP contribution in [0.1, 0.15) is 51.5 Å². The maximum atomic E-state index is 9.34. The van der Waals surface area contributed by atoms with Gasteiger partial charge in [-0.15, -0.1) is 0 Å². The molecule has 0 heterocycles. The van der Waals surface area contributed by atoms with Crippen LogP contribution in [0.2, 0.25) is 0 Å². The molecule has 1 unspecified atom stereocenters. The van der Waals surface area contributed by atoms with Crippen molar-refractivity contribution < 1.29 is 19.7 Å². The Morgan fingerprint density at radius 2 is 1.77 bits per heavy atom. The molecule has 0 radical (unpaired) electrons. The van der Waals surface area contributed by atoms with Crippen molar-refractivity contribution in [1.29, 1.82) is 0 Å². The van der Waals surface area contributed by atoms with E-state index in [1.807, 2.05) is 25.1 Å². The van der Waals surface area contributed by atoms with Crippen LogP contribution in [0.5, 0.6) is 11.5 Å². The molecule has 1 atom stereocenters. The Hall–Kier alpha value is -1.30. The zero-order valence-corrected chi connectivity index (χ0v) is 16.9. The number of aliphatic hydroxyl groups excluding tert-OH is 2. The summed E-state index contributed by atoms with van der Waals surface area (Å²) >= 11 is 0. The molecule has 5 nitrogen and oxygen atoms in total. The van der Waals surface area contributed by atoms with Gasteiger partial charge in [-0.2, -0.15) is 0 Å². The molecular weight excluding hydrogens is 330 g/mol. The molecule has 0 saturated heterocycles. The summed E-state index contributed by atoms with van der Waals surface area (Å²) in [6.45, 7) is 6.15. The zero-order valence-electron chi connectivity index (χ0n) is 16.9. The van der Waals surface area contributed by atoms with Crippen LogP contribution in [0.15, 0.2) is 18.2 Å². The lowest BCUT2D eigenvalue weighted by Gasteiger charge is -2.34. The van der Waals surface area contributed by atoms with Crippen molar-refractivity contribution in [2.75, 3.05) is 33.9 Å². The molecule has 0 aliphatic heterocycles. The lowest BCUT2D eigenvalue weighted by Crippen LogP contribution is -2.40. The Bertz CT molecular complexity index is 487. The standard InChI is InChI=1S/C11H23NO.C10H14O3/c1-3-12(9-10(2)13)11-7-5-4-6-8-11;1-12-9-4-3-8(5-6-11)7-10(9)13-2/h10-11,13H,3-9H2,1-2H3;3-4,7,11H,5-6H2,1-2H3. The van der Waals surface area contributed by atoms with Gasteiger partial charge in [0, 0.05) is 19.2 Å². The average molecular weight is 368 g/mol. The fourth-order valence-corrected chi connectivity index (χ4v) is 3.49. The van der Waals surface area contributed by atoms with Crippen LogP contribution in [0.3, 0.4) is 0 Å². The summed E-state index contributed by atoms with van der Waals surface area (Å²) in [5.41, 5.74) is 1.04. The minimum absolute atomic E-state index is 0.148. The fourth-order valence-electron chi connectivity index (χ4n) is 3.49. The number of ether oxygens (including phenoxy) is 2. The number of likely N-dealkylation sites (N-methyl/N-ethyl adjacent to an activating group) is 1. The van der Waals surface area contributed by atoms with Gasteiger partial charge in [0.25, 0.3) is 0 Å². The molecule has 1 fully saturated rings. The van der Waals surface area contributed by atoms with E-state index in [0.717, 1.165) is 24.7 Å². The second-order valence-electron chi connectivity index (χ2n) is 6.89. The third-order valence-electron chi connectivity index (χ3n) is 4.84. The van der Waals surface area contributed by atoms with E-state index < -0.39 is 0 Å². The summed E-state index contributed by atoms with van der Waals surface area (Å²) in [5.74, 6) is 1.41. The SMILES string of the molecule is CCN(CC(C)O)C1CCCCC1.COc1ccc(CCO)cc1OC. The second kappa shape index (κ2) is 13.0. The molecule has 150 valence electrons. The molecule has 1 aromatic carbocycles. The van der Waals surface area contributed by atoms with Crippen molar-refractivity contribution in [2.45, 2.75) is 64.5 Å². The smallest absolute Gasteiger partial charge is 0.160 e. The molecule has 1 aromatic rings. The van der Waals surface area contributed by atoms with Gasteiger partial charge in [-0.1, -0.05) is 32.3 Å². The Morgan fingerprint density at radius 1 is 1.12 bits per heavy atom. The summed E-state index contributed by atoms with van der Waals surface area (Å²) in [7, 11) is 3.20.